The van der Waals surface area contributed by atoms with Crippen LogP contribution in [0, 0.1) is 27.2 Å². The topological polar surface area (TPSA) is 40.1 Å². The molecule has 0 heterocycles. The Labute approximate surface area is 329 Å². The van der Waals surface area contributed by atoms with Crippen molar-refractivity contribution in [2.24, 2.45) is 0 Å². The zero-order valence-corrected chi connectivity index (χ0v) is 36.4. The summed E-state index contributed by atoms with van der Waals surface area (Å²) in [5.41, 5.74) is 0. The van der Waals surface area contributed by atoms with Crippen molar-refractivity contribution in [1.82, 2.24) is 0 Å². The van der Waals surface area contributed by atoms with E-state index < -0.39 is 11.1 Å². The molecule has 0 spiro atoms. The van der Waals surface area contributed by atoms with E-state index >= 15 is 0 Å². The molecule has 1 rings (SSSR count). The van der Waals surface area contributed by atoms with E-state index in [9.17, 15) is 8.76 Å². The van der Waals surface area contributed by atoms with E-state index in [1.54, 1.807) is 30.3 Å². The van der Waals surface area contributed by atoms with Crippen molar-refractivity contribution >= 4 is 11.1 Å². The molecule has 0 radical (unpaired) electrons. The van der Waals surface area contributed by atoms with Gasteiger partial charge >= 0.3 is 21.7 Å². The van der Waals surface area contributed by atoms with Crippen molar-refractivity contribution in [3.63, 3.8) is 0 Å². The van der Waals surface area contributed by atoms with Crippen molar-refractivity contribution < 1.29 is 30.5 Å². The van der Waals surface area contributed by atoms with Crippen LogP contribution in [0.4, 0.5) is 0 Å². The summed E-state index contributed by atoms with van der Waals surface area (Å²) in [6.07, 6.45) is 43.7. The van der Waals surface area contributed by atoms with Crippen LogP contribution in [-0.4, -0.2) is 8.76 Å². The predicted octanol–water partition coefficient (Wildman–Crippen LogP) is 16.4. The molecule has 49 heavy (non-hydrogen) atoms. The number of rotatable bonds is 28. The normalized spacial score (nSPS) is 10.5. The molecule has 0 amide bonds. The number of hydrogen-bond acceptors (Lipinski definition) is 2. The second-order valence-electron chi connectivity index (χ2n) is 13.2. The molecule has 1 aromatic rings. The first-order valence-electron chi connectivity index (χ1n) is 20.7. The molecule has 0 aliphatic carbocycles. The Kier molecular flexibility index (Phi) is 71.6. The van der Waals surface area contributed by atoms with Crippen LogP contribution in [0.15, 0.2) is 35.2 Å². The maximum atomic E-state index is 10.2. The molecule has 4 heteroatoms. The van der Waals surface area contributed by atoms with Gasteiger partial charge in [0.25, 0.3) is 0 Å². The Bertz CT molecular complexity index is 563. The van der Waals surface area contributed by atoms with Crippen molar-refractivity contribution in [3.8, 4) is 0 Å². The number of unbranched alkanes of at least 4 members (excludes halogenated alkanes) is 27. The average Bonchev–Trinajstić information content (AvgIpc) is 3.10. The molecular formula is C45H87O2STi-. The summed E-state index contributed by atoms with van der Waals surface area (Å²) in [4.78, 5) is 0.331. The molecule has 0 saturated carbocycles. The van der Waals surface area contributed by atoms with Gasteiger partial charge in [-0.2, -0.15) is 33.1 Å². The van der Waals surface area contributed by atoms with Gasteiger partial charge in [0.2, 0.25) is 0 Å². The van der Waals surface area contributed by atoms with Gasteiger partial charge < -0.3 is 31.7 Å². The minimum Gasteiger partial charge on any atom is -0.768 e. The van der Waals surface area contributed by atoms with E-state index in [2.05, 4.69) is 41.5 Å². The fraction of sp³-hybridized carbons (Fsp3) is 0.778. The molecule has 1 atom stereocenters. The van der Waals surface area contributed by atoms with Gasteiger partial charge in [-0.3, -0.25) is 4.21 Å². The van der Waals surface area contributed by atoms with Gasteiger partial charge in [-0.15, -0.1) is 0 Å². The van der Waals surface area contributed by atoms with E-state index in [-0.39, 0.29) is 21.7 Å². The molecule has 0 N–H and O–H groups in total. The van der Waals surface area contributed by atoms with Gasteiger partial charge in [-0.1, -0.05) is 212 Å². The molecule has 0 aromatic heterocycles. The molecule has 0 fully saturated rings. The largest absolute Gasteiger partial charge is 4.00 e. The molecule has 0 aliphatic heterocycles. The molecule has 2 nitrogen and oxygen atoms in total. The SMILES string of the molecule is C[CH-]C.O=S([O-])c1ccccc1.[CH2-]CCCCCCCCCCC.[CH2-]CCCCCCCCCCC.[CH2-]CCCCCCCCCCC.[Ti+4]. The van der Waals surface area contributed by atoms with Gasteiger partial charge in [-0.05, 0) is 23.2 Å². The summed E-state index contributed by atoms with van der Waals surface area (Å²) < 4.78 is 20.4. The van der Waals surface area contributed by atoms with E-state index in [0.29, 0.717) is 4.90 Å². The summed E-state index contributed by atoms with van der Waals surface area (Å²) in [7, 11) is 0. The van der Waals surface area contributed by atoms with Crippen LogP contribution >= 0.6 is 0 Å². The average molecular weight is 740 g/mol. The predicted molar refractivity (Wildman–Crippen MR) is 221 cm³/mol. The van der Waals surface area contributed by atoms with Crippen molar-refractivity contribution in [3.05, 3.63) is 57.5 Å². The zero-order valence-electron chi connectivity index (χ0n) is 34.0. The van der Waals surface area contributed by atoms with E-state index in [1.807, 2.05) is 20.3 Å². The zero-order chi connectivity index (χ0) is 36.6. The third-order valence-electron chi connectivity index (χ3n) is 8.00. The Balaban J connectivity index is -0.000000170. The standard InChI is InChI=1S/3C12H25.C6H6O2S.C3H7.Ti/c3*1-3-5-7-9-11-12-10-8-6-4-2;7-9(8)6-4-2-1-3-5-6;1-3-2;/h3*1,3-12H2,2H3;1-5H,(H,7,8);3H,1-2H3;/q3*-1;;-1;+4/p-1. The van der Waals surface area contributed by atoms with Gasteiger partial charge in [0.1, 0.15) is 0 Å². The van der Waals surface area contributed by atoms with Crippen LogP contribution in [0.25, 0.3) is 0 Å². The first kappa shape index (κ1) is 58.4. The van der Waals surface area contributed by atoms with Crippen LogP contribution in [-0.2, 0) is 32.8 Å². The third-order valence-corrected chi connectivity index (χ3v) is 8.65. The molecular weight excluding hydrogens is 652 g/mol. The Morgan fingerprint density at radius 2 is 0.673 bits per heavy atom. The quantitative estimate of drug-likeness (QED) is 0.0372. The molecule has 1 unspecified atom stereocenters. The molecule has 0 bridgehead atoms. The van der Waals surface area contributed by atoms with Crippen LogP contribution < -0.4 is 0 Å². The molecule has 0 aliphatic rings. The second-order valence-corrected chi connectivity index (χ2v) is 14.1. The minimum absolute atomic E-state index is 0. The minimum atomic E-state index is -2.08. The van der Waals surface area contributed by atoms with Crippen LogP contribution in [0.3, 0.4) is 0 Å². The molecule has 1 aromatic carbocycles. The summed E-state index contributed by atoms with van der Waals surface area (Å²) in [5, 5.41) is 0. The second kappa shape index (κ2) is 60.2. The van der Waals surface area contributed by atoms with Gasteiger partial charge in [0.05, 0.1) is 0 Å². The summed E-state index contributed by atoms with van der Waals surface area (Å²) in [6.45, 7) is 22.3. The van der Waals surface area contributed by atoms with Gasteiger partial charge in [0, 0.05) is 4.90 Å². The smallest absolute Gasteiger partial charge is 0.768 e. The van der Waals surface area contributed by atoms with Crippen LogP contribution in [0.5, 0.6) is 0 Å². The third kappa shape index (κ3) is 66.8. The van der Waals surface area contributed by atoms with E-state index in [0.717, 1.165) is 19.3 Å². The maximum Gasteiger partial charge on any atom is 4.00 e. The Hall–Kier alpha value is 0.0443. The van der Waals surface area contributed by atoms with Gasteiger partial charge in [0.15, 0.2) is 0 Å². The summed E-state index contributed by atoms with van der Waals surface area (Å²) in [6, 6.07) is 8.23. The Morgan fingerprint density at radius 1 is 0.469 bits per heavy atom. The van der Waals surface area contributed by atoms with Crippen molar-refractivity contribution in [1.29, 1.82) is 0 Å². The maximum absolute atomic E-state index is 10.2. The number of hydrogen-bond donors (Lipinski definition) is 0. The van der Waals surface area contributed by atoms with Crippen LogP contribution in [0.2, 0.25) is 0 Å². The first-order chi connectivity index (χ1) is 23.5. The van der Waals surface area contributed by atoms with Gasteiger partial charge in [-0.25, -0.2) is 0 Å². The Morgan fingerprint density at radius 3 is 0.837 bits per heavy atom. The van der Waals surface area contributed by atoms with E-state index in [4.69, 9.17) is 0 Å². The van der Waals surface area contributed by atoms with Crippen molar-refractivity contribution in [2.75, 3.05) is 0 Å². The summed E-state index contributed by atoms with van der Waals surface area (Å²) in [5.74, 6) is 0. The first-order valence-corrected chi connectivity index (χ1v) is 21.8. The van der Waals surface area contributed by atoms with Crippen LogP contribution in [0.1, 0.15) is 227 Å². The summed E-state index contributed by atoms with van der Waals surface area (Å²) >= 11 is -2.08. The molecule has 290 valence electrons. The fourth-order valence-corrected chi connectivity index (χ4v) is 5.37. The monoisotopic (exact) mass is 740 g/mol. The molecule has 0 saturated heterocycles. The fourth-order valence-electron chi connectivity index (χ4n) is 4.99. The van der Waals surface area contributed by atoms with E-state index in [1.165, 1.54) is 173 Å². The van der Waals surface area contributed by atoms with Crippen molar-refractivity contribution in [2.45, 2.75) is 232 Å². The number of benzene rings is 1.